The van der Waals surface area contributed by atoms with Crippen LogP contribution in [0.15, 0.2) is 18.2 Å². The minimum Gasteiger partial charge on any atom is -0.508 e. The van der Waals surface area contributed by atoms with E-state index in [1.54, 1.807) is 24.1 Å². The van der Waals surface area contributed by atoms with E-state index in [0.29, 0.717) is 24.2 Å². The van der Waals surface area contributed by atoms with Crippen LogP contribution in [0.3, 0.4) is 0 Å². The Balaban J connectivity index is 2.65. The highest BCUT2D eigenvalue weighted by Gasteiger charge is 2.11. The number of carbonyl (C=O) groups excluding carboxylic acids is 2. The lowest BCUT2D eigenvalue weighted by atomic mass is 10.1. The number of phenols is 1. The van der Waals surface area contributed by atoms with Gasteiger partial charge in [-0.25, -0.2) is 0 Å². The number of hydrogen-bond donors (Lipinski definition) is 2. The molecule has 0 heterocycles. The number of nitrogens with one attached hydrogen (secondary N) is 1. The zero-order valence-corrected chi connectivity index (χ0v) is 12.3. The molecule has 0 spiro atoms. The average Bonchev–Trinajstić information content (AvgIpc) is 2.38. The van der Waals surface area contributed by atoms with Crippen LogP contribution < -0.4 is 5.32 Å². The molecule has 0 saturated heterocycles. The van der Waals surface area contributed by atoms with Crippen molar-refractivity contribution in [3.63, 3.8) is 0 Å². The van der Waals surface area contributed by atoms with Crippen LogP contribution in [0.25, 0.3) is 0 Å². The number of nitrogens with zero attached hydrogens (tertiary/aromatic N) is 1. The fourth-order valence-corrected chi connectivity index (χ4v) is 1.84. The predicted octanol–water partition coefficient (Wildman–Crippen LogP) is 1.55. The number of Topliss-reactive ketones (excluding diaryl/α,β-unsaturated/α-hetero) is 1. The summed E-state index contributed by atoms with van der Waals surface area (Å²) in [6.07, 6.45) is 0.900. The van der Waals surface area contributed by atoms with Crippen molar-refractivity contribution < 1.29 is 14.7 Å². The van der Waals surface area contributed by atoms with Crippen molar-refractivity contribution in [2.45, 2.75) is 26.8 Å². The summed E-state index contributed by atoms with van der Waals surface area (Å²) in [5.41, 5.74) is 1.20. The molecule has 0 aliphatic heterocycles. The van der Waals surface area contributed by atoms with E-state index >= 15 is 0 Å². The first-order chi connectivity index (χ1) is 9.43. The van der Waals surface area contributed by atoms with Gasteiger partial charge in [-0.3, -0.25) is 14.5 Å². The van der Waals surface area contributed by atoms with Crippen molar-refractivity contribution in [1.29, 1.82) is 0 Å². The van der Waals surface area contributed by atoms with E-state index in [2.05, 4.69) is 5.32 Å². The molecular formula is C15H22N2O3. The van der Waals surface area contributed by atoms with Gasteiger partial charge in [-0.2, -0.15) is 0 Å². The zero-order valence-electron chi connectivity index (χ0n) is 12.3. The van der Waals surface area contributed by atoms with E-state index in [4.69, 9.17) is 0 Å². The predicted molar refractivity (Wildman–Crippen MR) is 77.7 cm³/mol. The minimum absolute atomic E-state index is 0.0448. The fraction of sp³-hybridized carbons (Fsp3) is 0.467. The van der Waals surface area contributed by atoms with E-state index in [-0.39, 0.29) is 24.0 Å². The summed E-state index contributed by atoms with van der Waals surface area (Å²) >= 11 is 0. The molecule has 1 rings (SSSR count). The van der Waals surface area contributed by atoms with Crippen LogP contribution in [-0.4, -0.2) is 41.8 Å². The molecule has 5 nitrogen and oxygen atoms in total. The van der Waals surface area contributed by atoms with Gasteiger partial charge < -0.3 is 10.4 Å². The Morgan fingerprint density at radius 2 is 2.05 bits per heavy atom. The molecule has 0 fully saturated rings. The molecule has 2 N–H and O–H groups in total. The summed E-state index contributed by atoms with van der Waals surface area (Å²) in [4.78, 5) is 24.7. The standard InChI is InChI=1S/C15H22N2O3/c1-4-7-16-15(20)10-17(3)9-13-8-12(11(2)18)5-6-14(13)19/h5-6,8,19H,4,7,9-10H2,1-3H3,(H,16,20). The minimum atomic E-state index is -0.0467. The second-order valence-corrected chi connectivity index (χ2v) is 4.92. The molecule has 1 aromatic carbocycles. The lowest BCUT2D eigenvalue weighted by Gasteiger charge is -2.17. The molecule has 0 radical (unpaired) electrons. The molecule has 1 aromatic rings. The van der Waals surface area contributed by atoms with Crippen molar-refractivity contribution in [2.24, 2.45) is 0 Å². The van der Waals surface area contributed by atoms with Gasteiger partial charge in [0.05, 0.1) is 6.54 Å². The average molecular weight is 278 g/mol. The number of carbonyl (C=O) groups is 2. The zero-order chi connectivity index (χ0) is 15.1. The Kier molecular flexibility index (Phi) is 6.18. The van der Waals surface area contributed by atoms with Crippen molar-refractivity contribution in [1.82, 2.24) is 10.2 Å². The summed E-state index contributed by atoms with van der Waals surface area (Å²) in [5.74, 6) is 0.0435. The fourth-order valence-electron chi connectivity index (χ4n) is 1.84. The highest BCUT2D eigenvalue weighted by atomic mass is 16.3. The molecule has 110 valence electrons. The molecule has 0 saturated carbocycles. The number of likely N-dealkylation sites (N-methyl/N-ethyl adjacent to an activating group) is 1. The molecular weight excluding hydrogens is 256 g/mol. The summed E-state index contributed by atoms with van der Waals surface area (Å²) in [6, 6.07) is 4.77. The number of phenolic OH excluding ortho intramolecular Hbond substituents is 1. The van der Waals surface area contributed by atoms with E-state index in [1.807, 2.05) is 6.92 Å². The Morgan fingerprint density at radius 3 is 2.65 bits per heavy atom. The second kappa shape index (κ2) is 7.65. The van der Waals surface area contributed by atoms with Gasteiger partial charge in [0.25, 0.3) is 0 Å². The number of rotatable bonds is 7. The van der Waals surface area contributed by atoms with Gasteiger partial charge >= 0.3 is 0 Å². The second-order valence-electron chi connectivity index (χ2n) is 4.92. The molecule has 1 amide bonds. The van der Waals surface area contributed by atoms with Crippen LogP contribution in [0.4, 0.5) is 0 Å². The van der Waals surface area contributed by atoms with Crippen molar-refractivity contribution in [2.75, 3.05) is 20.1 Å². The van der Waals surface area contributed by atoms with E-state index < -0.39 is 0 Å². The van der Waals surface area contributed by atoms with Gasteiger partial charge in [0.2, 0.25) is 5.91 Å². The summed E-state index contributed by atoms with van der Waals surface area (Å²) in [7, 11) is 1.80. The molecule has 0 aliphatic rings. The van der Waals surface area contributed by atoms with Gasteiger partial charge in [0, 0.05) is 24.2 Å². The quantitative estimate of drug-likeness (QED) is 0.743. The van der Waals surface area contributed by atoms with Gasteiger partial charge in [-0.15, -0.1) is 0 Å². The molecule has 5 heteroatoms. The van der Waals surface area contributed by atoms with Crippen LogP contribution in [0.2, 0.25) is 0 Å². The first-order valence-corrected chi connectivity index (χ1v) is 6.72. The Hall–Kier alpha value is -1.88. The number of benzene rings is 1. The van der Waals surface area contributed by atoms with E-state index in [0.717, 1.165) is 6.42 Å². The third kappa shape index (κ3) is 5.01. The van der Waals surface area contributed by atoms with Crippen LogP contribution in [0.1, 0.15) is 36.2 Å². The van der Waals surface area contributed by atoms with E-state index in [1.165, 1.54) is 13.0 Å². The van der Waals surface area contributed by atoms with Crippen molar-refractivity contribution >= 4 is 11.7 Å². The highest BCUT2D eigenvalue weighted by Crippen LogP contribution is 2.20. The lowest BCUT2D eigenvalue weighted by molar-refractivity contribution is -0.122. The van der Waals surface area contributed by atoms with Crippen LogP contribution in [-0.2, 0) is 11.3 Å². The normalized spacial score (nSPS) is 10.6. The Morgan fingerprint density at radius 1 is 1.35 bits per heavy atom. The number of aromatic hydroxyl groups is 1. The van der Waals surface area contributed by atoms with Gasteiger partial charge in [-0.05, 0) is 38.6 Å². The Labute approximate surface area is 119 Å². The third-order valence-electron chi connectivity index (χ3n) is 2.91. The maximum Gasteiger partial charge on any atom is 0.234 e. The van der Waals surface area contributed by atoms with Crippen LogP contribution in [0.5, 0.6) is 5.75 Å². The summed E-state index contributed by atoms with van der Waals surface area (Å²) in [5, 5.41) is 12.6. The number of ketones is 1. The monoisotopic (exact) mass is 278 g/mol. The number of amides is 1. The van der Waals surface area contributed by atoms with Crippen molar-refractivity contribution in [3.8, 4) is 5.75 Å². The van der Waals surface area contributed by atoms with Gasteiger partial charge in [-0.1, -0.05) is 6.92 Å². The maximum atomic E-state index is 11.6. The summed E-state index contributed by atoms with van der Waals surface area (Å²) in [6.45, 7) is 4.81. The Bertz CT molecular complexity index is 486. The SMILES string of the molecule is CCCNC(=O)CN(C)Cc1cc(C(C)=O)ccc1O. The lowest BCUT2D eigenvalue weighted by Crippen LogP contribution is -2.35. The smallest absolute Gasteiger partial charge is 0.234 e. The maximum absolute atomic E-state index is 11.6. The molecule has 0 aliphatic carbocycles. The number of hydrogen-bond acceptors (Lipinski definition) is 4. The first-order valence-electron chi connectivity index (χ1n) is 6.72. The van der Waals surface area contributed by atoms with Crippen LogP contribution in [0, 0.1) is 0 Å². The van der Waals surface area contributed by atoms with E-state index in [9.17, 15) is 14.7 Å². The molecule has 0 bridgehead atoms. The topological polar surface area (TPSA) is 69.6 Å². The van der Waals surface area contributed by atoms with Crippen molar-refractivity contribution in [3.05, 3.63) is 29.3 Å². The highest BCUT2D eigenvalue weighted by molar-refractivity contribution is 5.94. The molecule has 0 unspecified atom stereocenters. The first kappa shape index (κ1) is 16.2. The summed E-state index contributed by atoms with van der Waals surface area (Å²) < 4.78 is 0. The molecule has 0 atom stereocenters. The molecule has 20 heavy (non-hydrogen) atoms. The van der Waals surface area contributed by atoms with Gasteiger partial charge in [0.1, 0.15) is 5.75 Å². The van der Waals surface area contributed by atoms with Crippen LogP contribution >= 0.6 is 0 Å². The largest absolute Gasteiger partial charge is 0.508 e. The molecule has 0 aromatic heterocycles. The van der Waals surface area contributed by atoms with Gasteiger partial charge in [0.15, 0.2) is 5.78 Å². The third-order valence-corrected chi connectivity index (χ3v) is 2.91.